The molecule has 0 aromatic heterocycles. The summed E-state index contributed by atoms with van der Waals surface area (Å²) in [5.74, 6) is 0. The molecule has 3 nitrogen and oxygen atoms in total. The summed E-state index contributed by atoms with van der Waals surface area (Å²) >= 11 is 4.20. The quantitative estimate of drug-likeness (QED) is 0.780. The smallest absolute Gasteiger partial charge is 0.331 e. The second-order valence-electron chi connectivity index (χ2n) is 3.54. The maximum absolute atomic E-state index is 11.5. The Hall–Kier alpha value is -1.16. The summed E-state index contributed by atoms with van der Waals surface area (Å²) in [7, 11) is 1.59. The maximum Gasteiger partial charge on any atom is 0.331 e. The number of hydrogen-bond acceptors (Lipinski definition) is 2. The molecule has 2 amide bonds. The van der Waals surface area contributed by atoms with Crippen molar-refractivity contribution in [2.45, 2.75) is 26.7 Å². The van der Waals surface area contributed by atoms with E-state index in [0.717, 1.165) is 24.1 Å². The van der Waals surface area contributed by atoms with Crippen LogP contribution in [0, 0.1) is 0 Å². The van der Waals surface area contributed by atoms with Crippen LogP contribution in [-0.2, 0) is 12.8 Å². The molecule has 0 spiro atoms. The first-order valence-electron chi connectivity index (χ1n) is 5.46. The predicted octanol–water partition coefficient (Wildman–Crippen LogP) is 2.80. The molecule has 0 saturated heterocycles. The second-order valence-corrected chi connectivity index (χ2v) is 3.94. The van der Waals surface area contributed by atoms with E-state index in [0.29, 0.717) is 0 Å². The van der Waals surface area contributed by atoms with Crippen LogP contribution in [0.15, 0.2) is 18.2 Å². The van der Waals surface area contributed by atoms with Crippen LogP contribution in [-0.4, -0.2) is 13.1 Å². The largest absolute Gasteiger partial charge is 0.340 e. The highest BCUT2D eigenvalue weighted by Gasteiger charge is 2.13. The molecule has 0 radical (unpaired) electrons. The number of benzene rings is 1. The average molecular weight is 238 g/mol. The first-order valence-corrected chi connectivity index (χ1v) is 5.86. The lowest BCUT2D eigenvalue weighted by molar-refractivity contribution is 0.252. The molecule has 0 aliphatic carbocycles. The van der Waals surface area contributed by atoms with Gasteiger partial charge in [-0.1, -0.05) is 38.8 Å². The highest BCUT2D eigenvalue weighted by molar-refractivity contribution is 7.82. The maximum atomic E-state index is 11.5. The third kappa shape index (κ3) is 2.70. The topological polar surface area (TPSA) is 32.3 Å². The van der Waals surface area contributed by atoms with Gasteiger partial charge in [-0.25, -0.2) is 9.10 Å². The van der Waals surface area contributed by atoms with Gasteiger partial charge in [0.05, 0.1) is 5.69 Å². The van der Waals surface area contributed by atoms with Gasteiger partial charge in [0, 0.05) is 7.05 Å². The van der Waals surface area contributed by atoms with E-state index in [9.17, 15) is 4.79 Å². The molecule has 1 N–H and O–H groups in total. The Morgan fingerprint density at radius 1 is 1.38 bits per heavy atom. The second kappa shape index (κ2) is 5.80. The minimum atomic E-state index is -0.220. The zero-order valence-electron chi connectivity index (χ0n) is 9.95. The van der Waals surface area contributed by atoms with Crippen LogP contribution >= 0.6 is 12.8 Å². The molecule has 0 aliphatic heterocycles. The van der Waals surface area contributed by atoms with Crippen LogP contribution in [0.4, 0.5) is 10.5 Å². The van der Waals surface area contributed by atoms with Crippen LogP contribution in [0.3, 0.4) is 0 Å². The fourth-order valence-electron chi connectivity index (χ4n) is 1.56. The van der Waals surface area contributed by atoms with Crippen molar-refractivity contribution in [1.82, 2.24) is 5.32 Å². The van der Waals surface area contributed by atoms with Gasteiger partial charge >= 0.3 is 6.03 Å². The molecule has 0 fully saturated rings. The Balaban J connectivity index is 3.08. The Morgan fingerprint density at radius 3 is 2.56 bits per heavy atom. The Kier molecular flexibility index (Phi) is 4.68. The molecule has 1 aromatic carbocycles. The third-order valence-corrected chi connectivity index (χ3v) is 2.96. The van der Waals surface area contributed by atoms with Gasteiger partial charge in [-0.2, -0.15) is 0 Å². The number of carbonyl (C=O) groups is 1. The molecule has 0 unspecified atom stereocenters. The summed E-state index contributed by atoms with van der Waals surface area (Å²) < 4.78 is 1.35. The molecular formula is C12H18N2OS. The lowest BCUT2D eigenvalue weighted by Gasteiger charge is -2.19. The SMILES string of the molecule is CCc1ccc(N(S)C(=O)NC)c(CC)c1. The van der Waals surface area contributed by atoms with E-state index in [1.165, 1.54) is 9.87 Å². The van der Waals surface area contributed by atoms with Gasteiger partial charge < -0.3 is 5.32 Å². The molecule has 0 heterocycles. The molecule has 0 aliphatic rings. The van der Waals surface area contributed by atoms with Crippen LogP contribution in [0.5, 0.6) is 0 Å². The van der Waals surface area contributed by atoms with Crippen molar-refractivity contribution in [3.8, 4) is 0 Å². The minimum absolute atomic E-state index is 0.220. The van der Waals surface area contributed by atoms with Gasteiger partial charge in [0.1, 0.15) is 0 Å². The molecule has 1 aromatic rings. The number of anilines is 1. The van der Waals surface area contributed by atoms with Crippen molar-refractivity contribution in [3.05, 3.63) is 29.3 Å². The van der Waals surface area contributed by atoms with Gasteiger partial charge in [0.25, 0.3) is 0 Å². The molecule has 0 saturated carbocycles. The average Bonchev–Trinajstić information content (AvgIpc) is 2.35. The van der Waals surface area contributed by atoms with Gasteiger partial charge in [0.2, 0.25) is 0 Å². The van der Waals surface area contributed by atoms with E-state index in [1.54, 1.807) is 7.05 Å². The fraction of sp³-hybridized carbons (Fsp3) is 0.417. The van der Waals surface area contributed by atoms with Crippen LogP contribution in [0.25, 0.3) is 0 Å². The van der Waals surface area contributed by atoms with E-state index in [-0.39, 0.29) is 6.03 Å². The van der Waals surface area contributed by atoms with Gasteiger partial charge in [0.15, 0.2) is 0 Å². The Labute approximate surface area is 102 Å². The van der Waals surface area contributed by atoms with E-state index < -0.39 is 0 Å². The third-order valence-electron chi connectivity index (χ3n) is 2.57. The summed E-state index contributed by atoms with van der Waals surface area (Å²) in [6, 6.07) is 5.88. The number of urea groups is 1. The molecule has 0 atom stereocenters. The summed E-state index contributed by atoms with van der Waals surface area (Å²) in [4.78, 5) is 11.5. The zero-order chi connectivity index (χ0) is 12.1. The number of aryl methyl sites for hydroxylation is 2. The van der Waals surface area contributed by atoms with Gasteiger partial charge in [-0.15, -0.1) is 0 Å². The van der Waals surface area contributed by atoms with E-state index in [4.69, 9.17) is 0 Å². The number of hydrogen-bond donors (Lipinski definition) is 2. The number of amides is 2. The predicted molar refractivity (Wildman–Crippen MR) is 71.1 cm³/mol. The highest BCUT2D eigenvalue weighted by atomic mass is 32.1. The summed E-state index contributed by atoms with van der Waals surface area (Å²) in [5.41, 5.74) is 3.26. The van der Waals surface area contributed by atoms with Crippen molar-refractivity contribution in [1.29, 1.82) is 0 Å². The summed E-state index contributed by atoms with van der Waals surface area (Å²) in [6.07, 6.45) is 1.89. The van der Waals surface area contributed by atoms with Gasteiger partial charge in [-0.3, -0.25) is 0 Å². The van der Waals surface area contributed by atoms with Crippen molar-refractivity contribution in [3.63, 3.8) is 0 Å². The van der Waals surface area contributed by atoms with Crippen molar-refractivity contribution >= 4 is 24.5 Å². The van der Waals surface area contributed by atoms with E-state index in [1.807, 2.05) is 12.1 Å². The minimum Gasteiger partial charge on any atom is -0.340 e. The van der Waals surface area contributed by atoms with Crippen LogP contribution < -0.4 is 9.62 Å². The van der Waals surface area contributed by atoms with E-state index in [2.05, 4.69) is 38.0 Å². The number of rotatable bonds is 3. The number of nitrogens with zero attached hydrogens (tertiary/aromatic N) is 1. The first kappa shape index (κ1) is 12.9. The van der Waals surface area contributed by atoms with Crippen LogP contribution in [0.1, 0.15) is 25.0 Å². The summed E-state index contributed by atoms with van der Waals surface area (Å²) in [5, 5.41) is 2.55. The highest BCUT2D eigenvalue weighted by Crippen LogP contribution is 2.24. The number of nitrogens with one attached hydrogen (secondary N) is 1. The fourth-order valence-corrected chi connectivity index (χ4v) is 1.86. The van der Waals surface area contributed by atoms with Crippen LogP contribution in [0.2, 0.25) is 0 Å². The summed E-state index contributed by atoms with van der Waals surface area (Å²) in [6.45, 7) is 4.19. The lowest BCUT2D eigenvalue weighted by atomic mass is 10.0. The Bertz CT molecular complexity index is 379. The molecule has 4 heteroatoms. The molecule has 88 valence electrons. The molecule has 16 heavy (non-hydrogen) atoms. The zero-order valence-corrected chi connectivity index (χ0v) is 10.8. The van der Waals surface area contributed by atoms with Crippen molar-refractivity contribution < 1.29 is 4.79 Å². The Morgan fingerprint density at radius 2 is 2.06 bits per heavy atom. The molecule has 0 bridgehead atoms. The number of carbonyl (C=O) groups excluding carboxylic acids is 1. The molecular weight excluding hydrogens is 220 g/mol. The van der Waals surface area contributed by atoms with Gasteiger partial charge in [-0.05, 0) is 30.0 Å². The lowest BCUT2D eigenvalue weighted by Crippen LogP contribution is -2.31. The normalized spacial score (nSPS) is 10.0. The molecule has 1 rings (SSSR count). The standard InChI is InChI=1S/C12H18N2OS/c1-4-9-6-7-11(10(5-2)8-9)14(16)12(15)13-3/h6-8,16H,4-5H2,1-3H3,(H,13,15). The first-order chi connectivity index (χ1) is 7.63. The number of thiol groups is 1. The van der Waals surface area contributed by atoms with E-state index >= 15 is 0 Å². The van der Waals surface area contributed by atoms with Crippen molar-refractivity contribution in [2.24, 2.45) is 0 Å². The monoisotopic (exact) mass is 238 g/mol. The van der Waals surface area contributed by atoms with Crippen molar-refractivity contribution in [2.75, 3.05) is 11.4 Å².